The Hall–Kier alpha value is -1.44. The lowest BCUT2D eigenvalue weighted by molar-refractivity contribution is -0.140. The van der Waals surface area contributed by atoms with Crippen LogP contribution in [0, 0.1) is 5.82 Å². The molecule has 0 saturated carbocycles. The third-order valence-electron chi connectivity index (χ3n) is 2.69. The molecule has 0 saturated heterocycles. The van der Waals surface area contributed by atoms with Crippen molar-refractivity contribution in [2.24, 2.45) is 5.84 Å². The smallest absolute Gasteiger partial charge is 0.271 e. The third-order valence-corrected chi connectivity index (χ3v) is 3.39. The van der Waals surface area contributed by atoms with Crippen molar-refractivity contribution in [3.63, 3.8) is 0 Å². The van der Waals surface area contributed by atoms with Gasteiger partial charge in [0.25, 0.3) is 0 Å². The minimum atomic E-state index is -4.73. The molecule has 1 heterocycles. The minimum Gasteiger partial charge on any atom is -0.271 e. The number of thiophene rings is 1. The summed E-state index contributed by atoms with van der Waals surface area (Å²) in [6.45, 7) is 0. The normalized spacial score (nSPS) is 13.5. The van der Waals surface area contributed by atoms with Crippen LogP contribution in [0.4, 0.5) is 17.6 Å². The molecule has 102 valence electrons. The molecule has 2 nitrogen and oxygen atoms in total. The van der Waals surface area contributed by atoms with Crippen LogP contribution in [0.3, 0.4) is 0 Å². The first-order valence-electron chi connectivity index (χ1n) is 5.29. The van der Waals surface area contributed by atoms with Crippen molar-refractivity contribution in [1.29, 1.82) is 0 Å². The van der Waals surface area contributed by atoms with Gasteiger partial charge in [-0.25, -0.2) is 9.82 Å². The summed E-state index contributed by atoms with van der Waals surface area (Å²) in [5, 5.41) is 3.44. The maximum absolute atomic E-state index is 14.0. The van der Waals surface area contributed by atoms with Crippen molar-refractivity contribution < 1.29 is 17.6 Å². The molecule has 1 aromatic heterocycles. The number of rotatable bonds is 3. The third kappa shape index (κ3) is 2.78. The molecule has 0 aliphatic rings. The van der Waals surface area contributed by atoms with Gasteiger partial charge in [-0.1, -0.05) is 12.1 Å². The molecule has 1 atom stereocenters. The molecule has 2 rings (SSSR count). The van der Waals surface area contributed by atoms with Gasteiger partial charge >= 0.3 is 6.18 Å². The summed E-state index contributed by atoms with van der Waals surface area (Å²) in [5.74, 6) is 4.03. The molecule has 1 unspecified atom stereocenters. The Bertz CT molecular complexity index is 551. The van der Waals surface area contributed by atoms with Crippen LogP contribution < -0.4 is 11.3 Å². The Morgan fingerprint density at radius 1 is 1.21 bits per heavy atom. The zero-order valence-corrected chi connectivity index (χ0v) is 10.4. The maximum atomic E-state index is 14.0. The molecule has 1 aromatic carbocycles. The number of hydrazine groups is 1. The SMILES string of the molecule is NNC(c1ccsc1)c1cccc(C(F)(F)F)c1F. The highest BCUT2D eigenvalue weighted by atomic mass is 32.1. The van der Waals surface area contributed by atoms with Gasteiger partial charge in [-0.05, 0) is 28.5 Å². The Morgan fingerprint density at radius 3 is 2.47 bits per heavy atom. The Labute approximate surface area is 110 Å². The van der Waals surface area contributed by atoms with E-state index in [4.69, 9.17) is 5.84 Å². The van der Waals surface area contributed by atoms with Crippen LogP contribution in [0.15, 0.2) is 35.0 Å². The van der Waals surface area contributed by atoms with Gasteiger partial charge in [0.1, 0.15) is 5.82 Å². The molecular formula is C12H10F4N2S. The van der Waals surface area contributed by atoms with Crippen molar-refractivity contribution in [1.82, 2.24) is 5.43 Å². The van der Waals surface area contributed by atoms with Crippen LogP contribution in [-0.2, 0) is 6.18 Å². The summed E-state index contributed by atoms with van der Waals surface area (Å²) in [6, 6.07) is 4.02. The van der Waals surface area contributed by atoms with Crippen LogP contribution >= 0.6 is 11.3 Å². The average Bonchev–Trinajstić information content (AvgIpc) is 2.84. The molecule has 3 N–H and O–H groups in total. The van der Waals surface area contributed by atoms with Gasteiger partial charge < -0.3 is 0 Å². The van der Waals surface area contributed by atoms with Crippen LogP contribution in [0.5, 0.6) is 0 Å². The zero-order chi connectivity index (χ0) is 14.0. The Balaban J connectivity index is 2.51. The summed E-state index contributed by atoms with van der Waals surface area (Å²) in [6.07, 6.45) is -4.73. The lowest BCUT2D eigenvalue weighted by atomic mass is 9.99. The van der Waals surface area contributed by atoms with Gasteiger partial charge in [0.2, 0.25) is 0 Å². The molecule has 0 radical (unpaired) electrons. The van der Waals surface area contributed by atoms with Crippen molar-refractivity contribution in [2.45, 2.75) is 12.2 Å². The number of hydrogen-bond acceptors (Lipinski definition) is 3. The highest BCUT2D eigenvalue weighted by Crippen LogP contribution is 2.35. The maximum Gasteiger partial charge on any atom is 0.419 e. The number of alkyl halides is 3. The van der Waals surface area contributed by atoms with E-state index in [0.717, 1.165) is 6.07 Å². The van der Waals surface area contributed by atoms with Crippen LogP contribution in [0.1, 0.15) is 22.7 Å². The van der Waals surface area contributed by atoms with Gasteiger partial charge in [0.05, 0.1) is 11.6 Å². The van der Waals surface area contributed by atoms with E-state index in [2.05, 4.69) is 5.43 Å². The summed E-state index contributed by atoms with van der Waals surface area (Å²) >= 11 is 1.35. The zero-order valence-electron chi connectivity index (χ0n) is 9.54. The molecule has 7 heteroatoms. The van der Waals surface area contributed by atoms with Crippen molar-refractivity contribution in [3.8, 4) is 0 Å². The van der Waals surface area contributed by atoms with Crippen LogP contribution in [-0.4, -0.2) is 0 Å². The first-order valence-corrected chi connectivity index (χ1v) is 6.23. The summed E-state index contributed by atoms with van der Waals surface area (Å²) in [7, 11) is 0. The molecule has 0 aliphatic carbocycles. The second kappa shape index (κ2) is 5.28. The van der Waals surface area contributed by atoms with E-state index in [1.165, 1.54) is 17.4 Å². The number of benzene rings is 1. The van der Waals surface area contributed by atoms with E-state index < -0.39 is 23.6 Å². The van der Waals surface area contributed by atoms with Gasteiger partial charge in [-0.2, -0.15) is 24.5 Å². The fourth-order valence-corrected chi connectivity index (χ4v) is 2.48. The fourth-order valence-electron chi connectivity index (χ4n) is 1.80. The predicted molar refractivity (Wildman–Crippen MR) is 64.9 cm³/mol. The molecule has 19 heavy (non-hydrogen) atoms. The predicted octanol–water partition coefficient (Wildman–Crippen LogP) is 3.46. The molecular weight excluding hydrogens is 280 g/mol. The van der Waals surface area contributed by atoms with Crippen molar-refractivity contribution in [3.05, 3.63) is 57.5 Å². The second-order valence-corrected chi connectivity index (χ2v) is 4.64. The van der Waals surface area contributed by atoms with Gasteiger partial charge in [0, 0.05) is 5.56 Å². The van der Waals surface area contributed by atoms with Gasteiger partial charge in [-0.15, -0.1) is 0 Å². The molecule has 0 aliphatic heterocycles. The number of nitrogens with one attached hydrogen (secondary N) is 1. The monoisotopic (exact) mass is 290 g/mol. The molecule has 0 bridgehead atoms. The lowest BCUT2D eigenvalue weighted by Gasteiger charge is -2.18. The first kappa shape index (κ1) is 14.0. The molecule has 0 fully saturated rings. The van der Waals surface area contributed by atoms with E-state index in [1.807, 2.05) is 0 Å². The summed E-state index contributed by atoms with van der Waals surface area (Å²) in [4.78, 5) is 0. The topological polar surface area (TPSA) is 38.0 Å². The van der Waals surface area contributed by atoms with Crippen LogP contribution in [0.25, 0.3) is 0 Å². The largest absolute Gasteiger partial charge is 0.419 e. The van der Waals surface area contributed by atoms with Crippen LogP contribution in [0.2, 0.25) is 0 Å². The van der Waals surface area contributed by atoms with Gasteiger partial charge in [0.15, 0.2) is 0 Å². The fraction of sp³-hybridized carbons (Fsp3) is 0.167. The first-order chi connectivity index (χ1) is 8.95. The summed E-state index contributed by atoms with van der Waals surface area (Å²) in [5.41, 5.74) is 1.54. The van der Waals surface area contributed by atoms with Crippen molar-refractivity contribution >= 4 is 11.3 Å². The quantitative estimate of drug-likeness (QED) is 0.516. The second-order valence-electron chi connectivity index (χ2n) is 3.86. The Morgan fingerprint density at radius 2 is 1.95 bits per heavy atom. The molecule has 0 amide bonds. The number of halogens is 4. The van der Waals surface area contributed by atoms with E-state index in [9.17, 15) is 17.6 Å². The average molecular weight is 290 g/mol. The standard InChI is InChI=1S/C12H10F4N2S/c13-10-8(2-1-3-9(10)12(14,15)16)11(18-17)7-4-5-19-6-7/h1-6,11,18H,17H2. The number of hydrogen-bond donors (Lipinski definition) is 2. The molecule has 2 aromatic rings. The van der Waals surface area contributed by atoms with Gasteiger partial charge in [-0.3, -0.25) is 5.84 Å². The van der Waals surface area contributed by atoms with Crippen molar-refractivity contribution in [2.75, 3.05) is 0 Å². The number of nitrogens with two attached hydrogens (primary N) is 1. The highest BCUT2D eigenvalue weighted by Gasteiger charge is 2.35. The summed E-state index contributed by atoms with van der Waals surface area (Å²) < 4.78 is 51.9. The minimum absolute atomic E-state index is 0.129. The van der Waals surface area contributed by atoms with E-state index in [1.54, 1.807) is 16.8 Å². The van der Waals surface area contributed by atoms with E-state index in [-0.39, 0.29) is 5.56 Å². The highest BCUT2D eigenvalue weighted by molar-refractivity contribution is 7.08. The Kier molecular flexibility index (Phi) is 3.88. The lowest BCUT2D eigenvalue weighted by Crippen LogP contribution is -2.29. The van der Waals surface area contributed by atoms with E-state index in [0.29, 0.717) is 11.6 Å². The molecule has 0 spiro atoms. The van der Waals surface area contributed by atoms with E-state index >= 15 is 0 Å².